The van der Waals surface area contributed by atoms with Crippen LogP contribution in [0.1, 0.15) is 31.7 Å². The fourth-order valence-corrected chi connectivity index (χ4v) is 3.88. The molecule has 4 unspecified atom stereocenters. The summed E-state index contributed by atoms with van der Waals surface area (Å²) in [5.74, 6) is 0.443. The average molecular weight is 274 g/mol. The Morgan fingerprint density at radius 2 is 2.00 bits per heavy atom. The summed E-state index contributed by atoms with van der Waals surface area (Å²) >= 11 is 0. The van der Waals surface area contributed by atoms with E-state index in [1.807, 2.05) is 18.2 Å². The van der Waals surface area contributed by atoms with Crippen LogP contribution in [-0.4, -0.2) is 34.2 Å². The molecule has 1 aromatic rings. The molecule has 2 aliphatic heterocycles. The molecule has 0 radical (unpaired) electrons. The topological polar surface area (TPSA) is 52.6 Å². The van der Waals surface area contributed by atoms with E-state index in [0.29, 0.717) is 5.92 Å². The molecule has 4 nitrogen and oxygen atoms in total. The molecule has 108 valence electrons. The quantitative estimate of drug-likeness (QED) is 0.891. The number of amides is 1. The Morgan fingerprint density at radius 1 is 1.30 bits per heavy atom. The molecule has 4 atom stereocenters. The Morgan fingerprint density at radius 3 is 2.70 bits per heavy atom. The van der Waals surface area contributed by atoms with Gasteiger partial charge in [-0.1, -0.05) is 37.3 Å². The molecule has 2 N–H and O–H groups in total. The highest BCUT2D eigenvalue weighted by Crippen LogP contribution is 2.39. The van der Waals surface area contributed by atoms with Gasteiger partial charge in [0.15, 0.2) is 0 Å². The number of piperidine rings is 1. The molecular weight excluding hydrogens is 252 g/mol. The number of nitrogens with one attached hydrogen (secondary N) is 1. The lowest BCUT2D eigenvalue weighted by Crippen LogP contribution is -2.57. The van der Waals surface area contributed by atoms with Gasteiger partial charge in [0.25, 0.3) is 0 Å². The number of nitrogens with zero attached hydrogens (tertiary/aromatic N) is 1. The normalized spacial score (nSPS) is 32.4. The third-order valence-electron chi connectivity index (χ3n) is 4.85. The highest BCUT2D eigenvalue weighted by Gasteiger charge is 2.47. The first-order valence-corrected chi connectivity index (χ1v) is 7.45. The van der Waals surface area contributed by atoms with Crippen LogP contribution in [0.4, 0.5) is 4.79 Å². The zero-order valence-corrected chi connectivity index (χ0v) is 11.8. The van der Waals surface area contributed by atoms with Crippen LogP contribution in [0.5, 0.6) is 0 Å². The maximum absolute atomic E-state index is 11.5. The molecule has 1 aromatic carbocycles. The van der Waals surface area contributed by atoms with Crippen molar-refractivity contribution in [2.24, 2.45) is 5.92 Å². The Hall–Kier alpha value is -1.55. The van der Waals surface area contributed by atoms with E-state index in [-0.39, 0.29) is 18.1 Å². The largest absolute Gasteiger partial charge is 0.465 e. The first-order valence-electron chi connectivity index (χ1n) is 7.45. The maximum Gasteiger partial charge on any atom is 0.407 e. The van der Waals surface area contributed by atoms with E-state index in [9.17, 15) is 9.90 Å². The van der Waals surface area contributed by atoms with Gasteiger partial charge >= 0.3 is 6.09 Å². The smallest absolute Gasteiger partial charge is 0.407 e. The third kappa shape index (κ3) is 2.40. The number of rotatable bonds is 3. The van der Waals surface area contributed by atoms with Crippen LogP contribution < -0.4 is 5.32 Å². The second kappa shape index (κ2) is 5.44. The van der Waals surface area contributed by atoms with Crippen molar-refractivity contribution in [3.8, 4) is 0 Å². The number of hydrogen-bond donors (Lipinski definition) is 2. The van der Waals surface area contributed by atoms with Gasteiger partial charge in [0.2, 0.25) is 0 Å². The van der Waals surface area contributed by atoms with E-state index in [4.69, 9.17) is 0 Å². The summed E-state index contributed by atoms with van der Waals surface area (Å²) in [6, 6.07) is 11.0. The second-order valence-electron chi connectivity index (χ2n) is 6.09. The first-order chi connectivity index (χ1) is 9.66. The van der Waals surface area contributed by atoms with Gasteiger partial charge in [-0.2, -0.15) is 0 Å². The molecule has 0 spiro atoms. The van der Waals surface area contributed by atoms with Crippen molar-refractivity contribution in [3.63, 3.8) is 0 Å². The van der Waals surface area contributed by atoms with Crippen LogP contribution in [0.15, 0.2) is 30.3 Å². The summed E-state index contributed by atoms with van der Waals surface area (Å²) in [4.78, 5) is 13.2. The van der Waals surface area contributed by atoms with Crippen LogP contribution in [0.3, 0.4) is 0 Å². The van der Waals surface area contributed by atoms with E-state index in [0.717, 1.165) is 25.8 Å². The van der Waals surface area contributed by atoms with Crippen molar-refractivity contribution in [2.45, 2.75) is 50.9 Å². The van der Waals surface area contributed by atoms with E-state index in [2.05, 4.69) is 24.4 Å². The lowest BCUT2D eigenvalue weighted by Gasteiger charge is -2.42. The molecule has 4 heteroatoms. The van der Waals surface area contributed by atoms with Crippen molar-refractivity contribution < 1.29 is 9.90 Å². The van der Waals surface area contributed by atoms with Crippen LogP contribution in [-0.2, 0) is 6.54 Å². The van der Waals surface area contributed by atoms with E-state index in [1.165, 1.54) is 5.56 Å². The zero-order valence-electron chi connectivity index (χ0n) is 11.8. The summed E-state index contributed by atoms with van der Waals surface area (Å²) in [6.07, 6.45) is 2.33. The van der Waals surface area contributed by atoms with Crippen LogP contribution in [0.2, 0.25) is 0 Å². The minimum atomic E-state index is -0.754. The van der Waals surface area contributed by atoms with Gasteiger partial charge in [-0.15, -0.1) is 0 Å². The predicted octanol–water partition coefficient (Wildman–Crippen LogP) is 2.70. The molecule has 0 aliphatic carbocycles. The van der Waals surface area contributed by atoms with Gasteiger partial charge in [-0.05, 0) is 30.7 Å². The first kappa shape index (κ1) is 13.4. The van der Waals surface area contributed by atoms with Gasteiger partial charge in [-0.25, -0.2) is 4.79 Å². The summed E-state index contributed by atoms with van der Waals surface area (Å²) in [6.45, 7) is 2.99. The predicted molar refractivity (Wildman–Crippen MR) is 77.5 cm³/mol. The SMILES string of the molecule is CC1CC(NCc2ccccc2)C2CCC1N2C(=O)O. The zero-order chi connectivity index (χ0) is 14.1. The van der Waals surface area contributed by atoms with Crippen molar-refractivity contribution in [1.82, 2.24) is 10.2 Å². The number of benzene rings is 1. The lowest BCUT2D eigenvalue weighted by molar-refractivity contribution is 0.0634. The highest BCUT2D eigenvalue weighted by atomic mass is 16.4. The Balaban J connectivity index is 1.69. The molecule has 2 aliphatic rings. The standard InChI is InChI=1S/C16H22N2O2/c1-11-9-13(17-10-12-5-3-2-4-6-12)15-8-7-14(11)18(15)16(19)20/h2-6,11,13-15,17H,7-10H2,1H3,(H,19,20). The fourth-order valence-electron chi connectivity index (χ4n) is 3.88. The van der Waals surface area contributed by atoms with E-state index < -0.39 is 6.09 Å². The minimum Gasteiger partial charge on any atom is -0.465 e. The molecule has 2 bridgehead atoms. The molecular formula is C16H22N2O2. The molecule has 0 aromatic heterocycles. The Kier molecular flexibility index (Phi) is 3.66. The number of carboxylic acid groups (broad SMARTS) is 1. The van der Waals surface area contributed by atoms with Gasteiger partial charge in [0.05, 0.1) is 6.04 Å². The third-order valence-corrected chi connectivity index (χ3v) is 4.85. The van der Waals surface area contributed by atoms with E-state index >= 15 is 0 Å². The van der Waals surface area contributed by atoms with Gasteiger partial charge in [0, 0.05) is 18.6 Å². The van der Waals surface area contributed by atoms with Crippen LogP contribution in [0.25, 0.3) is 0 Å². The molecule has 20 heavy (non-hydrogen) atoms. The lowest BCUT2D eigenvalue weighted by atomic mass is 9.88. The summed E-state index contributed by atoms with van der Waals surface area (Å²) in [7, 11) is 0. The molecule has 2 saturated heterocycles. The van der Waals surface area contributed by atoms with Crippen molar-refractivity contribution in [2.75, 3.05) is 0 Å². The fraction of sp³-hybridized carbons (Fsp3) is 0.562. The monoisotopic (exact) mass is 274 g/mol. The molecule has 0 saturated carbocycles. The second-order valence-corrected chi connectivity index (χ2v) is 6.09. The van der Waals surface area contributed by atoms with Gasteiger partial charge in [-0.3, -0.25) is 0 Å². The minimum absolute atomic E-state index is 0.150. The number of fused-ring (bicyclic) bond motifs is 2. The van der Waals surface area contributed by atoms with Crippen molar-refractivity contribution in [1.29, 1.82) is 0 Å². The van der Waals surface area contributed by atoms with Crippen LogP contribution in [0, 0.1) is 5.92 Å². The molecule has 2 heterocycles. The highest BCUT2D eigenvalue weighted by molar-refractivity contribution is 5.67. The number of carbonyl (C=O) groups is 1. The number of hydrogen-bond acceptors (Lipinski definition) is 2. The van der Waals surface area contributed by atoms with Gasteiger partial charge in [0.1, 0.15) is 0 Å². The molecule has 2 fully saturated rings. The average Bonchev–Trinajstić information content (AvgIpc) is 2.83. The Bertz CT molecular complexity index is 477. The van der Waals surface area contributed by atoms with Crippen molar-refractivity contribution in [3.05, 3.63) is 35.9 Å². The molecule has 3 rings (SSSR count). The molecule has 1 amide bonds. The summed E-state index contributed by atoms with van der Waals surface area (Å²) < 4.78 is 0. The van der Waals surface area contributed by atoms with E-state index in [1.54, 1.807) is 4.90 Å². The van der Waals surface area contributed by atoms with Gasteiger partial charge < -0.3 is 15.3 Å². The maximum atomic E-state index is 11.5. The summed E-state index contributed by atoms with van der Waals surface area (Å²) in [5, 5.41) is 13.0. The van der Waals surface area contributed by atoms with Crippen molar-refractivity contribution >= 4 is 6.09 Å². The van der Waals surface area contributed by atoms with Crippen LogP contribution >= 0.6 is 0 Å². The Labute approximate surface area is 119 Å². The summed E-state index contributed by atoms with van der Waals surface area (Å²) in [5.41, 5.74) is 1.25.